The van der Waals surface area contributed by atoms with Crippen LogP contribution in [0.5, 0.6) is 0 Å². The predicted octanol–water partition coefficient (Wildman–Crippen LogP) is 3.25. The third kappa shape index (κ3) is 3.92. The van der Waals surface area contributed by atoms with Gasteiger partial charge in [0.1, 0.15) is 5.69 Å². The lowest BCUT2D eigenvalue weighted by Crippen LogP contribution is -2.45. The molecule has 1 saturated heterocycles. The van der Waals surface area contributed by atoms with E-state index in [9.17, 15) is 14.9 Å². The fraction of sp³-hybridized carbons (Fsp3) is 0.611. The molecule has 1 amide bonds. The molecule has 2 aliphatic rings. The van der Waals surface area contributed by atoms with Crippen molar-refractivity contribution in [3.63, 3.8) is 0 Å². The third-order valence-corrected chi connectivity index (χ3v) is 5.30. The number of hydrogen-bond donors (Lipinski definition) is 2. The Hall–Kier alpha value is -2.15. The summed E-state index contributed by atoms with van der Waals surface area (Å²) in [5.41, 5.74) is 0.626. The van der Waals surface area contributed by atoms with Crippen LogP contribution >= 0.6 is 0 Å². The summed E-state index contributed by atoms with van der Waals surface area (Å²) in [7, 11) is 1.51. The molecule has 1 aliphatic carbocycles. The molecule has 3 rings (SSSR count). The molecular weight excluding hydrogens is 322 g/mol. The second-order valence-corrected chi connectivity index (χ2v) is 6.99. The highest BCUT2D eigenvalue weighted by Crippen LogP contribution is 2.40. The summed E-state index contributed by atoms with van der Waals surface area (Å²) >= 11 is 0. The first kappa shape index (κ1) is 17.7. The highest BCUT2D eigenvalue weighted by atomic mass is 16.6. The van der Waals surface area contributed by atoms with Crippen molar-refractivity contribution in [3.8, 4) is 0 Å². The SMILES string of the molecule is CNC(=O)c1ccc(NC2CCOC3(CCCCC3)C2)c([N+](=O)[O-])c1. The first-order valence-corrected chi connectivity index (χ1v) is 8.94. The van der Waals surface area contributed by atoms with Crippen molar-refractivity contribution >= 4 is 17.3 Å². The Morgan fingerprint density at radius 2 is 2.08 bits per heavy atom. The maximum absolute atomic E-state index is 11.7. The van der Waals surface area contributed by atoms with Crippen molar-refractivity contribution in [2.45, 2.75) is 56.6 Å². The molecule has 1 saturated carbocycles. The van der Waals surface area contributed by atoms with Crippen molar-refractivity contribution < 1.29 is 14.5 Å². The van der Waals surface area contributed by atoms with Gasteiger partial charge in [0, 0.05) is 31.3 Å². The Bertz CT molecular complexity index is 650. The van der Waals surface area contributed by atoms with Gasteiger partial charge >= 0.3 is 0 Å². The van der Waals surface area contributed by atoms with Gasteiger partial charge in [-0.1, -0.05) is 19.3 Å². The topological polar surface area (TPSA) is 93.5 Å². The number of nitro benzene ring substituents is 1. The molecule has 1 aromatic carbocycles. The molecule has 1 aromatic rings. The Kier molecular flexibility index (Phi) is 5.22. The molecule has 1 unspecified atom stereocenters. The van der Waals surface area contributed by atoms with Gasteiger partial charge in [-0.2, -0.15) is 0 Å². The lowest BCUT2D eigenvalue weighted by molar-refractivity contribution is -0.384. The fourth-order valence-electron chi connectivity index (χ4n) is 4.01. The van der Waals surface area contributed by atoms with E-state index in [1.54, 1.807) is 12.1 Å². The van der Waals surface area contributed by atoms with Crippen LogP contribution in [0.2, 0.25) is 0 Å². The molecule has 7 nitrogen and oxygen atoms in total. The largest absolute Gasteiger partial charge is 0.377 e. The summed E-state index contributed by atoms with van der Waals surface area (Å²) in [6.45, 7) is 0.682. The molecule has 1 heterocycles. The normalized spacial score (nSPS) is 22.4. The minimum atomic E-state index is -0.440. The number of hydrogen-bond acceptors (Lipinski definition) is 5. The maximum atomic E-state index is 11.7. The van der Waals surface area contributed by atoms with E-state index in [-0.39, 0.29) is 28.8 Å². The summed E-state index contributed by atoms with van der Waals surface area (Å²) < 4.78 is 6.09. The highest BCUT2D eigenvalue weighted by molar-refractivity contribution is 5.95. The van der Waals surface area contributed by atoms with Gasteiger partial charge in [-0.05, 0) is 37.8 Å². The average Bonchev–Trinajstić information content (AvgIpc) is 2.62. The van der Waals surface area contributed by atoms with Crippen LogP contribution in [-0.4, -0.2) is 36.1 Å². The summed E-state index contributed by atoms with van der Waals surface area (Å²) in [5.74, 6) is -0.332. The second-order valence-electron chi connectivity index (χ2n) is 6.99. The van der Waals surface area contributed by atoms with Crippen molar-refractivity contribution in [2.75, 3.05) is 19.0 Å². The van der Waals surface area contributed by atoms with E-state index in [0.717, 1.165) is 25.7 Å². The number of nitrogens with one attached hydrogen (secondary N) is 2. The van der Waals surface area contributed by atoms with Gasteiger partial charge in [0.05, 0.1) is 10.5 Å². The van der Waals surface area contributed by atoms with E-state index in [4.69, 9.17) is 4.74 Å². The first-order chi connectivity index (χ1) is 12.0. The monoisotopic (exact) mass is 347 g/mol. The van der Waals surface area contributed by atoms with E-state index in [1.807, 2.05) is 0 Å². The Labute approximate surface area is 147 Å². The number of rotatable bonds is 4. The van der Waals surface area contributed by atoms with Crippen molar-refractivity contribution in [1.29, 1.82) is 0 Å². The fourth-order valence-corrected chi connectivity index (χ4v) is 4.01. The predicted molar refractivity (Wildman–Crippen MR) is 94.9 cm³/mol. The van der Waals surface area contributed by atoms with Gasteiger partial charge in [0.2, 0.25) is 0 Å². The Morgan fingerprint density at radius 3 is 2.76 bits per heavy atom. The van der Waals surface area contributed by atoms with Crippen molar-refractivity contribution in [3.05, 3.63) is 33.9 Å². The number of anilines is 1. The van der Waals surface area contributed by atoms with Gasteiger partial charge in [0.25, 0.3) is 11.6 Å². The van der Waals surface area contributed by atoms with Crippen LogP contribution in [0.25, 0.3) is 0 Å². The number of carbonyl (C=O) groups is 1. The van der Waals surface area contributed by atoms with Gasteiger partial charge in [-0.15, -0.1) is 0 Å². The number of ether oxygens (including phenoxy) is 1. The van der Waals surface area contributed by atoms with E-state index in [1.165, 1.54) is 32.4 Å². The summed E-state index contributed by atoms with van der Waals surface area (Å²) in [5, 5.41) is 17.3. The van der Waals surface area contributed by atoms with Gasteiger partial charge < -0.3 is 15.4 Å². The minimum absolute atomic E-state index is 0.0645. The Balaban J connectivity index is 1.77. The van der Waals surface area contributed by atoms with E-state index < -0.39 is 4.92 Å². The molecule has 136 valence electrons. The maximum Gasteiger partial charge on any atom is 0.293 e. The van der Waals surface area contributed by atoms with Crippen LogP contribution in [0.15, 0.2) is 18.2 Å². The minimum Gasteiger partial charge on any atom is -0.377 e. The van der Waals surface area contributed by atoms with Crippen LogP contribution < -0.4 is 10.6 Å². The second kappa shape index (κ2) is 7.39. The first-order valence-electron chi connectivity index (χ1n) is 8.94. The standard InChI is InChI=1S/C18H25N3O4/c1-19-17(22)13-5-6-15(16(11-13)21(23)24)20-14-7-10-25-18(12-14)8-3-2-4-9-18/h5-6,11,14,20H,2-4,7-10,12H2,1H3,(H,19,22). The zero-order chi connectivity index (χ0) is 17.9. The molecule has 1 atom stereocenters. The number of nitro groups is 1. The van der Waals surface area contributed by atoms with E-state index >= 15 is 0 Å². The van der Waals surface area contributed by atoms with Crippen molar-refractivity contribution in [2.24, 2.45) is 0 Å². The smallest absolute Gasteiger partial charge is 0.293 e. The van der Waals surface area contributed by atoms with Crippen LogP contribution in [-0.2, 0) is 4.74 Å². The van der Waals surface area contributed by atoms with Gasteiger partial charge in [-0.3, -0.25) is 14.9 Å². The van der Waals surface area contributed by atoms with Crippen LogP contribution in [0.4, 0.5) is 11.4 Å². The lowest BCUT2D eigenvalue weighted by Gasteiger charge is -2.43. The van der Waals surface area contributed by atoms with E-state index in [0.29, 0.717) is 12.3 Å². The van der Waals surface area contributed by atoms with Crippen LogP contribution in [0, 0.1) is 10.1 Å². The van der Waals surface area contributed by atoms with Gasteiger partial charge in [0.15, 0.2) is 0 Å². The number of carbonyl (C=O) groups excluding carboxylic acids is 1. The molecule has 1 spiro atoms. The summed E-state index contributed by atoms with van der Waals surface area (Å²) in [6, 6.07) is 4.73. The molecule has 0 bridgehead atoms. The zero-order valence-corrected chi connectivity index (χ0v) is 14.5. The summed E-state index contributed by atoms with van der Waals surface area (Å²) in [4.78, 5) is 22.7. The third-order valence-electron chi connectivity index (χ3n) is 5.30. The van der Waals surface area contributed by atoms with Crippen molar-refractivity contribution in [1.82, 2.24) is 5.32 Å². The molecule has 25 heavy (non-hydrogen) atoms. The molecular formula is C18H25N3O4. The van der Waals surface area contributed by atoms with Crippen LogP contribution in [0.1, 0.15) is 55.3 Å². The molecule has 2 N–H and O–H groups in total. The summed E-state index contributed by atoms with van der Waals surface area (Å²) in [6.07, 6.45) is 7.49. The molecule has 1 aliphatic heterocycles. The Morgan fingerprint density at radius 1 is 1.32 bits per heavy atom. The van der Waals surface area contributed by atoms with Crippen LogP contribution in [0.3, 0.4) is 0 Å². The van der Waals surface area contributed by atoms with E-state index in [2.05, 4.69) is 10.6 Å². The number of nitrogens with zero attached hydrogens (tertiary/aromatic N) is 1. The quantitative estimate of drug-likeness (QED) is 0.644. The highest BCUT2D eigenvalue weighted by Gasteiger charge is 2.38. The molecule has 0 aromatic heterocycles. The number of amides is 1. The average molecular weight is 347 g/mol. The lowest BCUT2D eigenvalue weighted by atomic mass is 9.78. The molecule has 0 radical (unpaired) electrons. The molecule has 2 fully saturated rings. The van der Waals surface area contributed by atoms with Gasteiger partial charge in [-0.25, -0.2) is 0 Å². The zero-order valence-electron chi connectivity index (χ0n) is 14.5. The number of benzene rings is 1. The molecule has 7 heteroatoms.